The molecule has 7 nitrogen and oxygen atoms in total. The second kappa shape index (κ2) is 12.0. The monoisotopic (exact) mass is 495 g/mol. The Hall–Kier alpha value is -3.10. The lowest BCUT2D eigenvalue weighted by Gasteiger charge is -2.23. The number of methoxy groups -OCH3 is 2. The number of benzene rings is 2. The van der Waals surface area contributed by atoms with Crippen molar-refractivity contribution in [3.8, 4) is 17.2 Å². The minimum Gasteiger partial charge on any atom is -0.497 e. The van der Waals surface area contributed by atoms with Crippen molar-refractivity contribution in [3.05, 3.63) is 69.2 Å². The first-order valence-electron chi connectivity index (χ1n) is 12.0. The van der Waals surface area contributed by atoms with Gasteiger partial charge in [-0.1, -0.05) is 31.5 Å². The van der Waals surface area contributed by atoms with E-state index < -0.39 is 0 Å². The minimum absolute atomic E-state index is 0.111. The molecule has 2 aromatic carbocycles. The summed E-state index contributed by atoms with van der Waals surface area (Å²) in [5.41, 5.74) is 3.97. The van der Waals surface area contributed by atoms with E-state index >= 15 is 0 Å². The SMILES string of the molecule is CCCCNC(=O)c1csc(CN(Cc2ccc3c(c2)OCC3)Cc2ccc(OC)cc2OC)n1. The van der Waals surface area contributed by atoms with E-state index in [0.29, 0.717) is 31.9 Å². The molecule has 0 saturated carbocycles. The van der Waals surface area contributed by atoms with Gasteiger partial charge in [-0.25, -0.2) is 4.98 Å². The van der Waals surface area contributed by atoms with Crippen molar-refractivity contribution in [2.45, 2.75) is 45.8 Å². The lowest BCUT2D eigenvalue weighted by atomic mass is 10.1. The number of carbonyl (C=O) groups excluding carboxylic acids is 1. The fourth-order valence-corrected chi connectivity index (χ4v) is 4.92. The van der Waals surface area contributed by atoms with Gasteiger partial charge in [0.1, 0.15) is 28.0 Å². The summed E-state index contributed by atoms with van der Waals surface area (Å²) in [4.78, 5) is 19.4. The molecule has 1 aliphatic heterocycles. The Balaban J connectivity index is 1.53. The largest absolute Gasteiger partial charge is 0.497 e. The highest BCUT2D eigenvalue weighted by atomic mass is 32.1. The van der Waals surface area contributed by atoms with Gasteiger partial charge in [0, 0.05) is 43.1 Å². The van der Waals surface area contributed by atoms with Crippen LogP contribution in [0.4, 0.5) is 0 Å². The van der Waals surface area contributed by atoms with Gasteiger partial charge in [-0.3, -0.25) is 9.69 Å². The number of fused-ring (bicyclic) bond motifs is 1. The number of carbonyl (C=O) groups is 1. The number of rotatable bonds is 12. The first-order valence-corrected chi connectivity index (χ1v) is 12.9. The van der Waals surface area contributed by atoms with Crippen molar-refractivity contribution < 1.29 is 19.0 Å². The predicted octanol–water partition coefficient (Wildman–Crippen LogP) is 4.83. The van der Waals surface area contributed by atoms with Gasteiger partial charge < -0.3 is 19.5 Å². The number of hydrogen-bond acceptors (Lipinski definition) is 7. The number of aromatic nitrogens is 1. The maximum absolute atomic E-state index is 12.4. The van der Waals surface area contributed by atoms with Crippen LogP contribution in [0.15, 0.2) is 41.8 Å². The fraction of sp³-hybridized carbons (Fsp3) is 0.407. The van der Waals surface area contributed by atoms with Crippen molar-refractivity contribution in [2.24, 2.45) is 0 Å². The zero-order valence-electron chi connectivity index (χ0n) is 20.6. The number of ether oxygens (including phenoxy) is 3. The molecule has 2 heterocycles. The molecule has 8 heteroatoms. The Bertz CT molecular complexity index is 1150. The summed E-state index contributed by atoms with van der Waals surface area (Å²) < 4.78 is 16.8. The lowest BCUT2D eigenvalue weighted by Crippen LogP contribution is -2.25. The van der Waals surface area contributed by atoms with Gasteiger partial charge in [-0.2, -0.15) is 0 Å². The minimum atomic E-state index is -0.111. The Morgan fingerprint density at radius 3 is 2.83 bits per heavy atom. The third-order valence-electron chi connectivity index (χ3n) is 6.01. The number of amides is 1. The molecule has 0 atom stereocenters. The van der Waals surface area contributed by atoms with Crippen molar-refractivity contribution in [1.82, 2.24) is 15.2 Å². The molecule has 0 spiro atoms. The molecule has 3 aromatic rings. The molecule has 0 unspecified atom stereocenters. The third kappa shape index (κ3) is 6.52. The van der Waals surface area contributed by atoms with Gasteiger partial charge in [0.15, 0.2) is 0 Å². The van der Waals surface area contributed by atoms with Crippen LogP contribution >= 0.6 is 11.3 Å². The summed E-state index contributed by atoms with van der Waals surface area (Å²) >= 11 is 1.51. The van der Waals surface area contributed by atoms with Gasteiger partial charge in [0.25, 0.3) is 5.91 Å². The van der Waals surface area contributed by atoms with E-state index in [1.165, 1.54) is 22.5 Å². The molecule has 1 N–H and O–H groups in total. The Labute approximate surface area is 211 Å². The van der Waals surface area contributed by atoms with Crippen LogP contribution in [0.5, 0.6) is 17.2 Å². The molecule has 0 radical (unpaired) electrons. The number of nitrogens with zero attached hydrogens (tertiary/aromatic N) is 2. The van der Waals surface area contributed by atoms with Crippen LogP contribution in [0, 0.1) is 0 Å². The van der Waals surface area contributed by atoms with E-state index in [-0.39, 0.29) is 5.91 Å². The fourth-order valence-electron chi connectivity index (χ4n) is 4.11. The Morgan fingerprint density at radius 1 is 1.14 bits per heavy atom. The van der Waals surface area contributed by atoms with E-state index in [2.05, 4.69) is 40.3 Å². The highest BCUT2D eigenvalue weighted by molar-refractivity contribution is 7.09. The van der Waals surface area contributed by atoms with Crippen molar-refractivity contribution in [3.63, 3.8) is 0 Å². The van der Waals surface area contributed by atoms with Gasteiger partial charge in [-0.05, 0) is 29.7 Å². The summed E-state index contributed by atoms with van der Waals surface area (Å²) in [6.07, 6.45) is 2.97. The number of thiazole rings is 1. The average Bonchev–Trinajstić information content (AvgIpc) is 3.53. The van der Waals surface area contributed by atoms with Crippen LogP contribution < -0.4 is 19.5 Å². The molecule has 186 valence electrons. The number of unbranched alkanes of at least 4 members (excludes halogenated alkanes) is 1. The Kier molecular flexibility index (Phi) is 8.60. The summed E-state index contributed by atoms with van der Waals surface area (Å²) in [5, 5.41) is 5.68. The molecular formula is C27H33N3O4S. The summed E-state index contributed by atoms with van der Waals surface area (Å²) in [5.74, 6) is 2.40. The second-order valence-electron chi connectivity index (χ2n) is 8.60. The van der Waals surface area contributed by atoms with Crippen molar-refractivity contribution in [1.29, 1.82) is 0 Å². The zero-order valence-corrected chi connectivity index (χ0v) is 21.5. The summed E-state index contributed by atoms with van der Waals surface area (Å²) in [6, 6.07) is 12.3. The van der Waals surface area contributed by atoms with Crippen LogP contribution in [0.3, 0.4) is 0 Å². The van der Waals surface area contributed by atoms with Crippen LogP contribution in [-0.4, -0.2) is 43.2 Å². The zero-order chi connectivity index (χ0) is 24.6. The van der Waals surface area contributed by atoms with E-state index in [0.717, 1.165) is 53.7 Å². The molecular weight excluding hydrogens is 462 g/mol. The Morgan fingerprint density at radius 2 is 2.03 bits per heavy atom. The second-order valence-corrected chi connectivity index (χ2v) is 9.54. The van der Waals surface area contributed by atoms with Gasteiger partial charge in [-0.15, -0.1) is 11.3 Å². The molecule has 1 aliphatic rings. The van der Waals surface area contributed by atoms with Crippen molar-refractivity contribution in [2.75, 3.05) is 27.4 Å². The number of hydrogen-bond donors (Lipinski definition) is 1. The van der Waals surface area contributed by atoms with Crippen LogP contribution in [-0.2, 0) is 26.1 Å². The van der Waals surface area contributed by atoms with E-state index in [4.69, 9.17) is 14.2 Å². The first kappa shape index (κ1) is 25.0. The van der Waals surface area contributed by atoms with E-state index in [1.807, 2.05) is 23.6 Å². The van der Waals surface area contributed by atoms with Gasteiger partial charge in [0.2, 0.25) is 0 Å². The van der Waals surface area contributed by atoms with Crippen molar-refractivity contribution >= 4 is 17.2 Å². The highest BCUT2D eigenvalue weighted by Crippen LogP contribution is 2.29. The summed E-state index contributed by atoms with van der Waals surface area (Å²) in [7, 11) is 3.32. The lowest BCUT2D eigenvalue weighted by molar-refractivity contribution is 0.0948. The average molecular weight is 496 g/mol. The molecule has 0 fully saturated rings. The maximum Gasteiger partial charge on any atom is 0.270 e. The molecule has 0 aliphatic carbocycles. The van der Waals surface area contributed by atoms with Crippen LogP contribution in [0.1, 0.15) is 52.0 Å². The van der Waals surface area contributed by atoms with E-state index in [9.17, 15) is 4.79 Å². The molecule has 1 aromatic heterocycles. The molecule has 35 heavy (non-hydrogen) atoms. The smallest absolute Gasteiger partial charge is 0.270 e. The normalized spacial score (nSPS) is 12.3. The third-order valence-corrected chi connectivity index (χ3v) is 6.85. The van der Waals surface area contributed by atoms with Crippen LogP contribution in [0.25, 0.3) is 0 Å². The van der Waals surface area contributed by atoms with Gasteiger partial charge >= 0.3 is 0 Å². The van der Waals surface area contributed by atoms with Crippen LogP contribution in [0.2, 0.25) is 0 Å². The molecule has 0 saturated heterocycles. The molecule has 0 bridgehead atoms. The molecule has 4 rings (SSSR count). The topological polar surface area (TPSA) is 72.9 Å². The predicted molar refractivity (Wildman–Crippen MR) is 137 cm³/mol. The van der Waals surface area contributed by atoms with E-state index in [1.54, 1.807) is 14.2 Å². The quantitative estimate of drug-likeness (QED) is 0.363. The maximum atomic E-state index is 12.4. The number of nitrogens with one attached hydrogen (secondary N) is 1. The molecule has 1 amide bonds. The first-order chi connectivity index (χ1) is 17.1. The standard InChI is InChI=1S/C27H33N3O4S/c1-4-5-11-28-27(31)23-18-35-26(29-23)17-30(15-19-6-7-20-10-12-34-25(20)13-19)16-21-8-9-22(32-2)14-24(21)33-3/h6-9,13-14,18H,4-5,10-12,15-17H2,1-3H3,(H,28,31). The summed E-state index contributed by atoms with van der Waals surface area (Å²) in [6.45, 7) is 5.50. The van der Waals surface area contributed by atoms with Gasteiger partial charge in [0.05, 0.1) is 27.4 Å². The highest BCUT2D eigenvalue weighted by Gasteiger charge is 2.18.